The molecule has 1 heterocycles. The molecule has 5 nitrogen and oxygen atoms in total. The Morgan fingerprint density at radius 2 is 1.86 bits per heavy atom. The number of hydrogen-bond acceptors (Lipinski definition) is 4. The van der Waals surface area contributed by atoms with Gasteiger partial charge < -0.3 is 15.2 Å². The number of likely N-dealkylation sites (tertiary alicyclic amines) is 1. The molecule has 2 fully saturated rings. The van der Waals surface area contributed by atoms with Crippen LogP contribution in [0.5, 0.6) is 5.75 Å². The van der Waals surface area contributed by atoms with Gasteiger partial charge in [0.25, 0.3) is 5.91 Å². The molecule has 1 amide bonds. The molecule has 0 bridgehead atoms. The van der Waals surface area contributed by atoms with Crippen molar-refractivity contribution in [3.05, 3.63) is 71.3 Å². The van der Waals surface area contributed by atoms with Crippen LogP contribution in [-0.2, 0) is 10.2 Å². The number of piperidine rings is 1. The van der Waals surface area contributed by atoms with E-state index in [1.165, 1.54) is 12.1 Å². The first-order chi connectivity index (χ1) is 16.6. The molecule has 0 spiro atoms. The third kappa shape index (κ3) is 4.95. The number of amides is 1. The van der Waals surface area contributed by atoms with Crippen LogP contribution in [0.15, 0.2) is 60.2 Å². The highest BCUT2D eigenvalue weighted by Crippen LogP contribution is 2.53. The summed E-state index contributed by atoms with van der Waals surface area (Å²) in [6, 6.07) is 15.5. The Kier molecular flexibility index (Phi) is 6.97. The van der Waals surface area contributed by atoms with E-state index in [0.29, 0.717) is 24.2 Å². The van der Waals surface area contributed by atoms with Crippen molar-refractivity contribution in [1.29, 1.82) is 0 Å². The molecule has 0 aromatic heterocycles. The third-order valence-corrected chi connectivity index (χ3v) is 7.50. The third-order valence-electron chi connectivity index (χ3n) is 7.50. The second kappa shape index (κ2) is 9.66. The van der Waals surface area contributed by atoms with Crippen molar-refractivity contribution in [3.63, 3.8) is 0 Å². The van der Waals surface area contributed by atoms with Crippen LogP contribution in [0.2, 0.25) is 0 Å². The van der Waals surface area contributed by atoms with Crippen LogP contribution in [0.4, 0.5) is 13.2 Å². The van der Waals surface area contributed by atoms with Gasteiger partial charge in [-0.2, -0.15) is 13.2 Å². The number of carbonyl (C=O) groups excluding carboxylic acids is 1. The van der Waals surface area contributed by atoms with Crippen molar-refractivity contribution in [2.75, 3.05) is 20.7 Å². The number of β-amino-alcohol motifs (C(OH)–C–C–N with tert-alkyl or cyclic N) is 1. The minimum absolute atomic E-state index is 0.235. The van der Waals surface area contributed by atoms with E-state index in [-0.39, 0.29) is 13.0 Å². The van der Waals surface area contributed by atoms with Crippen molar-refractivity contribution >= 4 is 12.0 Å². The summed E-state index contributed by atoms with van der Waals surface area (Å²) in [7, 11) is 3.29. The zero-order valence-corrected chi connectivity index (χ0v) is 19.9. The van der Waals surface area contributed by atoms with E-state index >= 15 is 0 Å². The van der Waals surface area contributed by atoms with E-state index in [1.54, 1.807) is 37.3 Å². The fraction of sp³-hybridized carbons (Fsp3) is 0.444. The summed E-state index contributed by atoms with van der Waals surface area (Å²) in [5.41, 5.74) is -1.87. The van der Waals surface area contributed by atoms with E-state index in [4.69, 9.17) is 4.74 Å². The predicted octanol–water partition coefficient (Wildman–Crippen LogP) is 4.66. The van der Waals surface area contributed by atoms with Gasteiger partial charge in [0.05, 0.1) is 18.9 Å². The Morgan fingerprint density at radius 1 is 1.14 bits per heavy atom. The number of hydrogen-bond donors (Lipinski definition) is 2. The van der Waals surface area contributed by atoms with Crippen molar-refractivity contribution < 1.29 is 27.8 Å². The molecule has 8 heteroatoms. The van der Waals surface area contributed by atoms with E-state index in [9.17, 15) is 23.1 Å². The lowest BCUT2D eigenvalue weighted by atomic mass is 9.55. The standard InChI is InChI=1S/C27H31F3N2O3/c1-32-18-26(34)14-7-6-13-25(26,20-11-8-12-21(16-20)35-2)17-23(32)31-24(33)22(27(28,29)30)15-19-9-4-3-5-10-19/h3-5,8-12,15-16,23,34H,6-7,13-14,17-18H2,1-2H3,(H,31,33)/t23-,25-,26?/m0/s1. The van der Waals surface area contributed by atoms with Gasteiger partial charge >= 0.3 is 6.18 Å². The summed E-state index contributed by atoms with van der Waals surface area (Å²) in [6.45, 7) is 0.235. The van der Waals surface area contributed by atoms with Crippen LogP contribution >= 0.6 is 0 Å². The summed E-state index contributed by atoms with van der Waals surface area (Å²) in [5.74, 6) is -0.533. The number of halogens is 3. The Labute approximate surface area is 203 Å². The quantitative estimate of drug-likeness (QED) is 0.601. The highest BCUT2D eigenvalue weighted by atomic mass is 19.4. The van der Waals surface area contributed by atoms with Gasteiger partial charge in [0.1, 0.15) is 11.3 Å². The summed E-state index contributed by atoms with van der Waals surface area (Å²) >= 11 is 0. The number of fused-ring (bicyclic) bond motifs is 1. The number of rotatable bonds is 5. The molecule has 1 unspecified atom stereocenters. The molecule has 2 N–H and O–H groups in total. The number of carbonyl (C=O) groups is 1. The molecule has 1 aliphatic carbocycles. The molecule has 1 saturated carbocycles. The average Bonchev–Trinajstić information content (AvgIpc) is 2.83. The monoisotopic (exact) mass is 488 g/mol. The number of aliphatic hydroxyl groups is 1. The molecule has 3 atom stereocenters. The maximum Gasteiger partial charge on any atom is 0.421 e. The fourth-order valence-electron chi connectivity index (χ4n) is 5.68. The topological polar surface area (TPSA) is 61.8 Å². The Hall–Kier alpha value is -2.84. The van der Waals surface area contributed by atoms with Crippen molar-refractivity contribution in [2.24, 2.45) is 0 Å². The molecule has 4 rings (SSSR count). The number of alkyl halides is 3. The largest absolute Gasteiger partial charge is 0.497 e. The lowest BCUT2D eigenvalue weighted by Gasteiger charge is -2.58. The molecule has 2 aliphatic rings. The van der Waals surface area contributed by atoms with Gasteiger partial charge in [0, 0.05) is 12.0 Å². The summed E-state index contributed by atoms with van der Waals surface area (Å²) in [6.07, 6.45) is -1.35. The summed E-state index contributed by atoms with van der Waals surface area (Å²) in [5, 5.41) is 14.5. The lowest BCUT2D eigenvalue weighted by molar-refractivity contribution is -0.147. The first-order valence-corrected chi connectivity index (χ1v) is 11.8. The van der Waals surface area contributed by atoms with Crippen LogP contribution in [0.3, 0.4) is 0 Å². The van der Waals surface area contributed by atoms with Crippen molar-refractivity contribution in [3.8, 4) is 5.75 Å². The smallest absolute Gasteiger partial charge is 0.421 e. The van der Waals surface area contributed by atoms with Crippen LogP contribution < -0.4 is 10.1 Å². The van der Waals surface area contributed by atoms with Crippen LogP contribution in [0.1, 0.15) is 43.2 Å². The summed E-state index contributed by atoms with van der Waals surface area (Å²) in [4.78, 5) is 14.7. The first kappa shape index (κ1) is 25.3. The van der Waals surface area contributed by atoms with Gasteiger partial charge in [-0.05, 0) is 55.6 Å². The van der Waals surface area contributed by atoms with E-state index < -0.39 is 34.8 Å². The van der Waals surface area contributed by atoms with Crippen LogP contribution in [-0.4, -0.2) is 54.6 Å². The van der Waals surface area contributed by atoms with Crippen molar-refractivity contribution in [1.82, 2.24) is 10.2 Å². The summed E-state index contributed by atoms with van der Waals surface area (Å²) < 4.78 is 47.0. The maximum absolute atomic E-state index is 13.9. The molecular weight excluding hydrogens is 457 g/mol. The number of nitrogens with zero attached hydrogens (tertiary/aromatic N) is 1. The molecular formula is C27H31F3N2O3. The second-order valence-corrected chi connectivity index (χ2v) is 9.63. The van der Waals surface area contributed by atoms with Gasteiger partial charge in [0.2, 0.25) is 0 Å². The number of methoxy groups -OCH3 is 1. The molecule has 0 radical (unpaired) electrons. The van der Waals surface area contributed by atoms with E-state index in [1.807, 2.05) is 24.3 Å². The number of benzene rings is 2. The van der Waals surface area contributed by atoms with Crippen LogP contribution in [0, 0.1) is 0 Å². The molecule has 1 aliphatic heterocycles. The van der Waals surface area contributed by atoms with Gasteiger partial charge in [-0.3, -0.25) is 9.69 Å². The van der Waals surface area contributed by atoms with E-state index in [2.05, 4.69) is 5.32 Å². The first-order valence-electron chi connectivity index (χ1n) is 11.8. The molecule has 2 aromatic carbocycles. The van der Waals surface area contributed by atoms with Crippen LogP contribution in [0.25, 0.3) is 6.08 Å². The highest BCUT2D eigenvalue weighted by Gasteiger charge is 2.58. The Morgan fingerprint density at radius 3 is 2.54 bits per heavy atom. The Bertz CT molecular complexity index is 1090. The highest BCUT2D eigenvalue weighted by molar-refractivity contribution is 5.99. The molecule has 188 valence electrons. The molecule has 35 heavy (non-hydrogen) atoms. The molecule has 2 aromatic rings. The number of likely N-dealkylation sites (N-methyl/N-ethyl adjacent to an activating group) is 1. The SMILES string of the molecule is COc1cccc([C@@]23CCCCC2(O)CN(C)[C@H](NC(=O)C(=Cc2ccccc2)C(F)(F)F)C3)c1. The maximum atomic E-state index is 13.9. The fourth-order valence-corrected chi connectivity index (χ4v) is 5.68. The van der Waals surface area contributed by atoms with Gasteiger partial charge in [-0.1, -0.05) is 55.3 Å². The van der Waals surface area contributed by atoms with Gasteiger partial charge in [-0.15, -0.1) is 0 Å². The minimum Gasteiger partial charge on any atom is -0.497 e. The van der Waals surface area contributed by atoms with Gasteiger partial charge in [0.15, 0.2) is 0 Å². The Balaban J connectivity index is 1.67. The van der Waals surface area contributed by atoms with E-state index in [0.717, 1.165) is 24.5 Å². The predicted molar refractivity (Wildman–Crippen MR) is 128 cm³/mol. The van der Waals surface area contributed by atoms with Gasteiger partial charge in [-0.25, -0.2) is 0 Å². The minimum atomic E-state index is -4.82. The number of nitrogens with one attached hydrogen (secondary N) is 1. The zero-order valence-electron chi connectivity index (χ0n) is 19.9. The van der Waals surface area contributed by atoms with Crippen molar-refractivity contribution in [2.45, 2.75) is 55.5 Å². The molecule has 1 saturated heterocycles. The number of ether oxygens (including phenoxy) is 1. The average molecular weight is 489 g/mol. The normalized spacial score (nSPS) is 27.7. The zero-order chi connectivity index (χ0) is 25.3. The second-order valence-electron chi connectivity index (χ2n) is 9.63. The lowest BCUT2D eigenvalue weighted by Crippen LogP contribution is -2.69.